The molecular weight excluding hydrogens is 157 g/mol. The van der Waals surface area contributed by atoms with Crippen LogP contribution in [0.4, 0.5) is 4.39 Å². The summed E-state index contributed by atoms with van der Waals surface area (Å²) >= 11 is 1.75. The molecule has 0 aromatic heterocycles. The third kappa shape index (κ3) is 6.41. The van der Waals surface area contributed by atoms with Crippen molar-refractivity contribution in [1.82, 2.24) is 0 Å². The minimum absolute atomic E-state index is 0.132. The quantitative estimate of drug-likeness (QED) is 0.412. The van der Waals surface area contributed by atoms with Crippen molar-refractivity contribution in [2.75, 3.05) is 0 Å². The van der Waals surface area contributed by atoms with Crippen molar-refractivity contribution in [2.45, 2.75) is 0 Å². The Hall–Kier alpha value is -0.308. The molecule has 0 heterocycles. The van der Waals surface area contributed by atoms with E-state index in [1.54, 1.807) is 29.8 Å². The van der Waals surface area contributed by atoms with Crippen molar-refractivity contribution in [1.29, 1.82) is 0 Å². The van der Waals surface area contributed by atoms with Crippen LogP contribution in [-0.4, -0.2) is 40.1 Å². The van der Waals surface area contributed by atoms with Crippen molar-refractivity contribution in [2.24, 2.45) is 0 Å². The van der Waals surface area contributed by atoms with Gasteiger partial charge in [-0.15, -0.1) is 0 Å². The van der Waals surface area contributed by atoms with E-state index in [2.05, 4.69) is 0 Å². The van der Waals surface area contributed by atoms with Crippen LogP contribution in [0.3, 0.4) is 0 Å². The standard InChI is InChI=1S/C6H4F.BH3O3.Li/c7-6-4-2-1-3-5-6;2-1(3)4;/h1-4H;2-4H;. The van der Waals surface area contributed by atoms with Crippen LogP contribution < -0.4 is 4.24 Å². The second-order valence-corrected chi connectivity index (χ2v) is 2.10. The summed E-state index contributed by atoms with van der Waals surface area (Å²) in [4.78, 5) is 0. The van der Waals surface area contributed by atoms with E-state index >= 15 is 0 Å². The minimum atomic E-state index is -2.17. The molecule has 1 rings (SSSR count). The Bertz CT molecular complexity index is 210. The number of benzene rings is 1. The van der Waals surface area contributed by atoms with Gasteiger partial charge in [0, 0.05) is 0 Å². The van der Waals surface area contributed by atoms with Crippen LogP contribution in [0.5, 0.6) is 0 Å². The molecule has 6 heteroatoms. The van der Waals surface area contributed by atoms with E-state index in [9.17, 15) is 4.39 Å². The van der Waals surface area contributed by atoms with E-state index in [4.69, 9.17) is 15.1 Å². The van der Waals surface area contributed by atoms with Gasteiger partial charge in [-0.2, -0.15) is 0 Å². The Kier molecular flexibility index (Phi) is 6.08. The van der Waals surface area contributed by atoms with Crippen molar-refractivity contribution in [3.8, 4) is 0 Å². The summed E-state index contributed by atoms with van der Waals surface area (Å²) in [6.45, 7) is 0. The first kappa shape index (κ1) is 11.7. The molecule has 0 radical (unpaired) electrons. The Morgan fingerprint density at radius 3 is 1.83 bits per heavy atom. The molecule has 0 unspecified atom stereocenters. The molecule has 3 N–H and O–H groups in total. The Labute approximate surface area is 79.2 Å². The zero-order chi connectivity index (χ0) is 9.56. The van der Waals surface area contributed by atoms with Gasteiger partial charge < -0.3 is 15.1 Å². The van der Waals surface area contributed by atoms with Gasteiger partial charge in [-0.1, -0.05) is 0 Å². The first-order valence-corrected chi connectivity index (χ1v) is 3.29. The molecule has 12 heavy (non-hydrogen) atoms. The molecule has 0 bridgehead atoms. The maximum absolute atomic E-state index is 12.3. The molecule has 1 aromatic rings. The van der Waals surface area contributed by atoms with Gasteiger partial charge in [0.2, 0.25) is 0 Å². The van der Waals surface area contributed by atoms with Gasteiger partial charge in [0.1, 0.15) is 0 Å². The zero-order valence-corrected chi connectivity index (χ0v) is 6.61. The van der Waals surface area contributed by atoms with Gasteiger partial charge in [-0.3, -0.25) is 0 Å². The number of rotatable bonds is 0. The van der Waals surface area contributed by atoms with Crippen LogP contribution in [0.2, 0.25) is 0 Å². The fourth-order valence-corrected chi connectivity index (χ4v) is 0.551. The van der Waals surface area contributed by atoms with Crippen molar-refractivity contribution in [3.05, 3.63) is 30.1 Å². The SMILES string of the molecule is OB(O)O.[Li][c]1ccccc1F. The number of halogens is 1. The van der Waals surface area contributed by atoms with E-state index in [0.717, 1.165) is 0 Å². The third-order valence-electron chi connectivity index (χ3n) is 1.08. The number of hydrogen-bond donors (Lipinski definition) is 3. The maximum atomic E-state index is 12.3. The van der Waals surface area contributed by atoms with E-state index < -0.39 is 7.32 Å². The second-order valence-electron chi connectivity index (χ2n) is 2.10. The summed E-state index contributed by atoms with van der Waals surface area (Å²) in [5, 5.41) is 21.5. The topological polar surface area (TPSA) is 60.7 Å². The molecule has 0 atom stereocenters. The van der Waals surface area contributed by atoms with Crippen molar-refractivity contribution in [3.63, 3.8) is 0 Å². The first-order chi connectivity index (χ1) is 5.54. The van der Waals surface area contributed by atoms with E-state index in [1.165, 1.54) is 6.07 Å². The summed E-state index contributed by atoms with van der Waals surface area (Å²) in [7, 11) is -2.17. The van der Waals surface area contributed by atoms with E-state index in [-0.39, 0.29) is 5.82 Å². The molecule has 0 fully saturated rings. The van der Waals surface area contributed by atoms with Crippen LogP contribution in [0.1, 0.15) is 0 Å². The fraction of sp³-hybridized carbons (Fsp3) is 0. The summed E-state index contributed by atoms with van der Waals surface area (Å²) in [5.41, 5.74) is 0. The van der Waals surface area contributed by atoms with Crippen molar-refractivity contribution < 1.29 is 19.5 Å². The Morgan fingerprint density at radius 1 is 1.17 bits per heavy atom. The molecule has 0 aliphatic heterocycles. The number of hydrogen-bond acceptors (Lipinski definition) is 3. The fourth-order valence-electron chi connectivity index (χ4n) is 0.551. The zero-order valence-electron chi connectivity index (χ0n) is 6.61. The van der Waals surface area contributed by atoms with Crippen LogP contribution in [-0.2, 0) is 0 Å². The monoisotopic (exact) mass is 164 g/mol. The third-order valence-corrected chi connectivity index (χ3v) is 1.08. The average molecular weight is 164 g/mol. The van der Waals surface area contributed by atoms with Crippen molar-refractivity contribution >= 4 is 29.3 Å². The summed E-state index contributed by atoms with van der Waals surface area (Å²) in [6.07, 6.45) is 0. The molecule has 0 aliphatic carbocycles. The molecule has 0 saturated heterocycles. The molecule has 0 saturated carbocycles. The van der Waals surface area contributed by atoms with Crippen LogP contribution in [0.15, 0.2) is 24.3 Å². The Balaban J connectivity index is 0.000000261. The summed E-state index contributed by atoms with van der Waals surface area (Å²) < 4.78 is 13.0. The molecular formula is C6H7BFLiO3. The van der Waals surface area contributed by atoms with Gasteiger partial charge in [0.25, 0.3) is 0 Å². The van der Waals surface area contributed by atoms with Crippen LogP contribution in [0, 0.1) is 5.82 Å². The average Bonchev–Trinajstić information content (AvgIpc) is 1.94. The van der Waals surface area contributed by atoms with Gasteiger partial charge in [-0.05, 0) is 0 Å². The molecule has 1 aromatic carbocycles. The molecule has 3 nitrogen and oxygen atoms in total. The van der Waals surface area contributed by atoms with Gasteiger partial charge in [0.15, 0.2) is 0 Å². The molecule has 0 spiro atoms. The Morgan fingerprint density at radius 2 is 1.58 bits per heavy atom. The summed E-state index contributed by atoms with van der Waals surface area (Å²) in [5.74, 6) is -0.132. The normalized spacial score (nSPS) is 8.50. The first-order valence-electron chi connectivity index (χ1n) is 3.29. The second kappa shape index (κ2) is 6.24. The molecule has 60 valence electrons. The van der Waals surface area contributed by atoms with E-state index in [1.807, 2.05) is 6.07 Å². The van der Waals surface area contributed by atoms with Gasteiger partial charge in [0.05, 0.1) is 0 Å². The molecule has 0 aliphatic rings. The van der Waals surface area contributed by atoms with Gasteiger partial charge >= 0.3 is 63.7 Å². The van der Waals surface area contributed by atoms with E-state index in [0.29, 0.717) is 4.24 Å². The summed E-state index contributed by atoms with van der Waals surface area (Å²) in [6, 6.07) is 6.70. The predicted octanol–water partition coefficient (Wildman–Crippen LogP) is -1.43. The van der Waals surface area contributed by atoms with Crippen LogP contribution in [0.25, 0.3) is 0 Å². The molecule has 0 amide bonds. The van der Waals surface area contributed by atoms with Gasteiger partial charge in [-0.25, -0.2) is 0 Å². The predicted molar refractivity (Wildman–Crippen MR) is 44.2 cm³/mol. The van der Waals surface area contributed by atoms with Crippen LogP contribution >= 0.6 is 0 Å².